The summed E-state index contributed by atoms with van der Waals surface area (Å²) in [4.78, 5) is 11.1. The molecule has 1 aliphatic rings. The molecule has 2 rings (SSSR count). The van der Waals surface area contributed by atoms with Crippen LogP contribution in [0.3, 0.4) is 0 Å². The van der Waals surface area contributed by atoms with Gasteiger partial charge in [0.05, 0.1) is 5.01 Å². The number of guanidine groups is 1. The number of aliphatic imine (C=N–C) groups is 1. The largest absolute Gasteiger partial charge is 0.381 e. The van der Waals surface area contributed by atoms with Gasteiger partial charge in [0.15, 0.2) is 5.96 Å². The van der Waals surface area contributed by atoms with E-state index in [1.165, 1.54) is 24.3 Å². The summed E-state index contributed by atoms with van der Waals surface area (Å²) < 4.78 is 5.42. The van der Waals surface area contributed by atoms with Gasteiger partial charge in [-0.3, -0.25) is 4.99 Å². The molecule has 1 saturated heterocycles. The number of thiazole rings is 1. The first-order valence-electron chi connectivity index (χ1n) is 8.59. The van der Waals surface area contributed by atoms with Gasteiger partial charge in [-0.15, -0.1) is 11.3 Å². The first-order chi connectivity index (χ1) is 11.2. The second-order valence-electron chi connectivity index (χ2n) is 6.23. The highest BCUT2D eigenvalue weighted by atomic mass is 32.1. The number of ether oxygens (including phenoxy) is 1. The highest BCUT2D eigenvalue weighted by Crippen LogP contribution is 2.18. The lowest BCUT2D eigenvalue weighted by atomic mass is 9.96. The van der Waals surface area contributed by atoms with Gasteiger partial charge in [-0.2, -0.15) is 0 Å². The van der Waals surface area contributed by atoms with Crippen LogP contribution in [0, 0.1) is 12.8 Å². The second kappa shape index (κ2) is 9.88. The summed E-state index contributed by atoms with van der Waals surface area (Å²) in [7, 11) is 3.98. The molecule has 1 aromatic heterocycles. The minimum atomic E-state index is 0.803. The number of aromatic nitrogens is 1. The molecule has 1 aromatic rings. The third-order valence-electron chi connectivity index (χ3n) is 4.30. The van der Waals surface area contributed by atoms with Gasteiger partial charge < -0.3 is 15.0 Å². The zero-order valence-corrected chi connectivity index (χ0v) is 15.5. The monoisotopic (exact) mass is 338 g/mol. The van der Waals surface area contributed by atoms with Crippen molar-refractivity contribution >= 4 is 17.3 Å². The van der Waals surface area contributed by atoms with Gasteiger partial charge in [-0.1, -0.05) is 0 Å². The standard InChI is InChI=1S/C17H30N4OS/c1-14-13-23-16(20-14)5-4-9-19-17(18-2)21(3)10-6-15-7-11-22-12-8-15/h13,15H,4-12H2,1-3H3,(H,18,19). The zero-order chi connectivity index (χ0) is 16.5. The maximum Gasteiger partial charge on any atom is 0.193 e. The van der Waals surface area contributed by atoms with E-state index in [0.29, 0.717) is 0 Å². The highest BCUT2D eigenvalue weighted by Gasteiger charge is 2.15. The van der Waals surface area contributed by atoms with E-state index in [-0.39, 0.29) is 0 Å². The van der Waals surface area contributed by atoms with Gasteiger partial charge in [0.1, 0.15) is 0 Å². The molecule has 0 spiro atoms. The third kappa shape index (κ3) is 6.47. The maximum absolute atomic E-state index is 5.42. The molecular weight excluding hydrogens is 308 g/mol. The van der Waals surface area contributed by atoms with E-state index < -0.39 is 0 Å². The molecule has 130 valence electrons. The van der Waals surface area contributed by atoms with Gasteiger partial charge in [0.25, 0.3) is 0 Å². The molecule has 2 heterocycles. The lowest BCUT2D eigenvalue weighted by Gasteiger charge is -2.26. The van der Waals surface area contributed by atoms with Crippen LogP contribution in [0.25, 0.3) is 0 Å². The minimum Gasteiger partial charge on any atom is -0.381 e. The normalized spacial score (nSPS) is 16.6. The summed E-state index contributed by atoms with van der Waals surface area (Å²) >= 11 is 1.75. The molecule has 0 atom stereocenters. The van der Waals surface area contributed by atoms with E-state index in [1.54, 1.807) is 11.3 Å². The Morgan fingerprint density at radius 2 is 2.26 bits per heavy atom. The predicted octanol–water partition coefficient (Wildman–Crippen LogP) is 2.71. The molecule has 23 heavy (non-hydrogen) atoms. The molecule has 0 aliphatic carbocycles. The topological polar surface area (TPSA) is 49.8 Å². The summed E-state index contributed by atoms with van der Waals surface area (Å²) in [5, 5.41) is 6.81. The van der Waals surface area contributed by atoms with Crippen molar-refractivity contribution in [3.63, 3.8) is 0 Å². The Balaban J connectivity index is 1.63. The smallest absolute Gasteiger partial charge is 0.193 e. The van der Waals surface area contributed by atoms with Crippen molar-refractivity contribution in [1.82, 2.24) is 15.2 Å². The first-order valence-corrected chi connectivity index (χ1v) is 9.47. The second-order valence-corrected chi connectivity index (χ2v) is 7.17. The lowest BCUT2D eigenvalue weighted by Crippen LogP contribution is -2.40. The van der Waals surface area contributed by atoms with Gasteiger partial charge >= 0.3 is 0 Å². The summed E-state index contributed by atoms with van der Waals surface area (Å²) in [5.41, 5.74) is 1.13. The van der Waals surface area contributed by atoms with Crippen molar-refractivity contribution in [3.05, 3.63) is 16.1 Å². The van der Waals surface area contributed by atoms with E-state index in [9.17, 15) is 0 Å². The Morgan fingerprint density at radius 1 is 1.48 bits per heavy atom. The van der Waals surface area contributed by atoms with Crippen molar-refractivity contribution in [2.75, 3.05) is 40.4 Å². The van der Waals surface area contributed by atoms with Crippen LogP contribution < -0.4 is 5.32 Å². The first kappa shape index (κ1) is 18.2. The Labute approximate surface area is 144 Å². The predicted molar refractivity (Wildman–Crippen MR) is 97.3 cm³/mol. The molecular formula is C17H30N4OS. The molecule has 5 nitrogen and oxygen atoms in total. The molecule has 0 unspecified atom stereocenters. The van der Waals surface area contributed by atoms with Gasteiger partial charge in [0.2, 0.25) is 0 Å². The summed E-state index contributed by atoms with van der Waals surface area (Å²) in [6.07, 6.45) is 5.74. The average molecular weight is 339 g/mol. The number of hydrogen-bond acceptors (Lipinski definition) is 4. The lowest BCUT2D eigenvalue weighted by molar-refractivity contribution is 0.0625. The molecule has 0 bridgehead atoms. The highest BCUT2D eigenvalue weighted by molar-refractivity contribution is 7.09. The number of rotatable bonds is 7. The van der Waals surface area contributed by atoms with Crippen LogP contribution in [0.1, 0.15) is 36.4 Å². The summed E-state index contributed by atoms with van der Waals surface area (Å²) in [6, 6.07) is 0. The Kier molecular flexibility index (Phi) is 7.82. The van der Waals surface area contributed by atoms with Crippen molar-refractivity contribution in [1.29, 1.82) is 0 Å². The van der Waals surface area contributed by atoms with E-state index in [0.717, 1.165) is 56.7 Å². The Bertz CT molecular complexity index is 483. The van der Waals surface area contributed by atoms with Crippen LogP contribution in [0.5, 0.6) is 0 Å². The van der Waals surface area contributed by atoms with E-state index >= 15 is 0 Å². The van der Waals surface area contributed by atoms with Crippen LogP contribution in [0.4, 0.5) is 0 Å². The number of hydrogen-bond donors (Lipinski definition) is 1. The maximum atomic E-state index is 5.42. The Morgan fingerprint density at radius 3 is 2.91 bits per heavy atom. The van der Waals surface area contributed by atoms with Crippen molar-refractivity contribution in [2.45, 2.75) is 39.0 Å². The quantitative estimate of drug-likeness (QED) is 0.472. The minimum absolute atomic E-state index is 0.803. The number of nitrogens with one attached hydrogen (secondary N) is 1. The van der Waals surface area contributed by atoms with Crippen molar-refractivity contribution in [3.8, 4) is 0 Å². The SMILES string of the molecule is CN=C(NCCCc1nc(C)cs1)N(C)CCC1CCOCC1. The van der Waals surface area contributed by atoms with Crippen molar-refractivity contribution in [2.24, 2.45) is 10.9 Å². The van der Waals surface area contributed by atoms with E-state index in [4.69, 9.17) is 4.74 Å². The Hall–Kier alpha value is -1.14. The molecule has 0 radical (unpaired) electrons. The third-order valence-corrected chi connectivity index (χ3v) is 5.33. The van der Waals surface area contributed by atoms with Crippen LogP contribution >= 0.6 is 11.3 Å². The summed E-state index contributed by atoms with van der Waals surface area (Å²) in [6.45, 7) is 5.89. The summed E-state index contributed by atoms with van der Waals surface area (Å²) in [5.74, 6) is 1.80. The zero-order valence-electron chi connectivity index (χ0n) is 14.7. The molecule has 1 fully saturated rings. The molecule has 0 aromatic carbocycles. The molecule has 0 amide bonds. The number of aryl methyl sites for hydroxylation is 2. The van der Waals surface area contributed by atoms with Crippen LogP contribution in [0.2, 0.25) is 0 Å². The van der Waals surface area contributed by atoms with Crippen LogP contribution in [0.15, 0.2) is 10.4 Å². The fourth-order valence-electron chi connectivity index (χ4n) is 2.86. The average Bonchev–Trinajstić information content (AvgIpc) is 2.99. The van der Waals surface area contributed by atoms with E-state index in [2.05, 4.69) is 32.6 Å². The molecule has 0 saturated carbocycles. The molecule has 1 N–H and O–H groups in total. The molecule has 6 heteroatoms. The molecule has 1 aliphatic heterocycles. The fraction of sp³-hybridized carbons (Fsp3) is 0.765. The number of nitrogens with zero attached hydrogens (tertiary/aromatic N) is 3. The van der Waals surface area contributed by atoms with Crippen LogP contribution in [-0.4, -0.2) is 56.2 Å². The van der Waals surface area contributed by atoms with Gasteiger partial charge in [0, 0.05) is 57.9 Å². The van der Waals surface area contributed by atoms with Gasteiger partial charge in [-0.25, -0.2) is 4.98 Å². The van der Waals surface area contributed by atoms with Gasteiger partial charge in [-0.05, 0) is 38.5 Å². The van der Waals surface area contributed by atoms with Crippen molar-refractivity contribution < 1.29 is 4.74 Å². The van der Waals surface area contributed by atoms with E-state index in [1.807, 2.05) is 14.0 Å². The fourth-order valence-corrected chi connectivity index (χ4v) is 3.68. The van der Waals surface area contributed by atoms with Crippen LogP contribution in [-0.2, 0) is 11.2 Å².